The number of hydrogen-bond donors (Lipinski definition) is 0. The van der Waals surface area contributed by atoms with Crippen LogP contribution < -0.4 is 0 Å². The Morgan fingerprint density at radius 1 is 0.893 bits per heavy atom. The molecule has 0 heterocycles. The third kappa shape index (κ3) is 9.92. The average molecular weight is 375 g/mol. The van der Waals surface area contributed by atoms with Crippen molar-refractivity contribution in [2.24, 2.45) is 0 Å². The lowest BCUT2D eigenvalue weighted by molar-refractivity contribution is 1.20. The Morgan fingerprint density at radius 3 is 1.96 bits per heavy atom. The van der Waals surface area contributed by atoms with Gasteiger partial charge in [-0.15, -0.1) is 6.58 Å². The third-order valence-electron chi connectivity index (χ3n) is 3.74. The monoisotopic (exact) mass is 374 g/mol. The largest absolute Gasteiger partial charge is 0.103 e. The molecule has 0 aromatic heterocycles. The lowest BCUT2D eigenvalue weighted by Crippen LogP contribution is -1.89. The Bertz CT molecular complexity index is 725. The molecule has 0 aliphatic heterocycles. The SMILES string of the molecule is C=CC.CC.CC\C=C/C(=C\CC)C(=C/c1ccc(C)cc1)/c1ccccc1. The van der Waals surface area contributed by atoms with E-state index in [-0.39, 0.29) is 0 Å². The summed E-state index contributed by atoms with van der Waals surface area (Å²) in [6, 6.07) is 19.3. The van der Waals surface area contributed by atoms with Crippen molar-refractivity contribution in [3.05, 3.63) is 108 Å². The summed E-state index contributed by atoms with van der Waals surface area (Å²) in [5.41, 5.74) is 6.36. The van der Waals surface area contributed by atoms with Crippen molar-refractivity contribution in [3.63, 3.8) is 0 Å². The van der Waals surface area contributed by atoms with E-state index in [1.54, 1.807) is 6.08 Å². The standard InChI is InChI=1S/C23H26.C3H6.C2H6/c1-4-6-11-21(10-5-2)23(22-12-8-7-9-13-22)18-20-16-14-19(3)15-17-20;1-3-2;1-2/h6-18H,4-5H2,1-3H3;3H,1H2,2H3;1-2H3/b11-6-,21-10+,23-18-;;. The fourth-order valence-corrected chi connectivity index (χ4v) is 2.51. The van der Waals surface area contributed by atoms with Gasteiger partial charge in [-0.2, -0.15) is 0 Å². The summed E-state index contributed by atoms with van der Waals surface area (Å²) < 4.78 is 0. The summed E-state index contributed by atoms with van der Waals surface area (Å²) in [4.78, 5) is 0. The molecule has 0 unspecified atom stereocenters. The third-order valence-corrected chi connectivity index (χ3v) is 3.74. The molecule has 0 radical (unpaired) electrons. The quantitative estimate of drug-likeness (QED) is 0.269. The first kappa shape index (κ1) is 25.4. The fraction of sp³-hybridized carbons (Fsp3) is 0.286. The van der Waals surface area contributed by atoms with E-state index in [2.05, 4.69) is 106 Å². The van der Waals surface area contributed by atoms with Crippen molar-refractivity contribution in [1.82, 2.24) is 0 Å². The molecule has 28 heavy (non-hydrogen) atoms. The van der Waals surface area contributed by atoms with E-state index in [0.29, 0.717) is 0 Å². The highest BCUT2D eigenvalue weighted by Gasteiger charge is 2.05. The van der Waals surface area contributed by atoms with Crippen LogP contribution in [0.3, 0.4) is 0 Å². The van der Waals surface area contributed by atoms with Crippen LogP contribution in [0, 0.1) is 6.92 Å². The topological polar surface area (TPSA) is 0 Å². The van der Waals surface area contributed by atoms with Gasteiger partial charge in [0, 0.05) is 0 Å². The minimum Gasteiger partial charge on any atom is -0.103 e. The Hall–Kier alpha value is -2.60. The second-order valence-corrected chi connectivity index (χ2v) is 6.12. The molecule has 0 N–H and O–H groups in total. The smallest absolute Gasteiger partial charge is 0.0109 e. The first-order valence-corrected chi connectivity index (χ1v) is 10.4. The molecule has 0 fully saturated rings. The molecule has 0 spiro atoms. The Labute approximate surface area is 174 Å². The van der Waals surface area contributed by atoms with E-state index in [0.717, 1.165) is 12.8 Å². The Morgan fingerprint density at radius 2 is 1.46 bits per heavy atom. The summed E-state index contributed by atoms with van der Waals surface area (Å²) >= 11 is 0. The summed E-state index contributed by atoms with van der Waals surface area (Å²) in [5.74, 6) is 0. The predicted molar refractivity (Wildman–Crippen MR) is 131 cm³/mol. The lowest BCUT2D eigenvalue weighted by atomic mass is 9.94. The molecule has 0 aliphatic rings. The molecular weight excluding hydrogens is 336 g/mol. The molecule has 0 heteroatoms. The van der Waals surface area contributed by atoms with E-state index < -0.39 is 0 Å². The van der Waals surface area contributed by atoms with E-state index in [1.807, 2.05) is 20.8 Å². The zero-order valence-corrected chi connectivity index (χ0v) is 18.7. The summed E-state index contributed by atoms with van der Waals surface area (Å²) in [6.07, 6.45) is 12.9. The minimum absolute atomic E-state index is 1.03. The van der Waals surface area contributed by atoms with Crippen LogP contribution in [-0.2, 0) is 0 Å². The van der Waals surface area contributed by atoms with Gasteiger partial charge < -0.3 is 0 Å². The molecule has 150 valence electrons. The van der Waals surface area contributed by atoms with E-state index in [9.17, 15) is 0 Å². The van der Waals surface area contributed by atoms with E-state index >= 15 is 0 Å². The van der Waals surface area contributed by atoms with Crippen LogP contribution >= 0.6 is 0 Å². The normalized spacial score (nSPS) is 11.2. The van der Waals surface area contributed by atoms with Gasteiger partial charge in [-0.05, 0) is 55.0 Å². The number of benzene rings is 2. The highest BCUT2D eigenvalue weighted by atomic mass is 14.1. The van der Waals surface area contributed by atoms with Crippen molar-refractivity contribution in [3.8, 4) is 0 Å². The highest BCUT2D eigenvalue weighted by molar-refractivity contribution is 5.92. The van der Waals surface area contributed by atoms with Crippen LogP contribution in [0.4, 0.5) is 0 Å². The summed E-state index contributed by atoms with van der Waals surface area (Å²) in [5, 5.41) is 0. The molecule has 2 aromatic rings. The molecule has 0 bridgehead atoms. The molecule has 2 aromatic carbocycles. The molecule has 0 atom stereocenters. The molecule has 0 saturated carbocycles. The second-order valence-electron chi connectivity index (χ2n) is 6.12. The molecule has 0 amide bonds. The van der Waals surface area contributed by atoms with Gasteiger partial charge in [-0.1, -0.05) is 112 Å². The van der Waals surface area contributed by atoms with Crippen LogP contribution in [0.5, 0.6) is 0 Å². The number of allylic oxidation sites excluding steroid dienone is 6. The van der Waals surface area contributed by atoms with Gasteiger partial charge in [0.15, 0.2) is 0 Å². The molecule has 0 saturated heterocycles. The van der Waals surface area contributed by atoms with Gasteiger partial charge in [0.1, 0.15) is 0 Å². The Balaban J connectivity index is 0.00000133. The van der Waals surface area contributed by atoms with E-state index in [4.69, 9.17) is 0 Å². The highest BCUT2D eigenvalue weighted by Crippen LogP contribution is 2.27. The van der Waals surface area contributed by atoms with Crippen molar-refractivity contribution < 1.29 is 0 Å². The van der Waals surface area contributed by atoms with Gasteiger partial charge in [-0.3, -0.25) is 0 Å². The molecular formula is C28H38. The minimum atomic E-state index is 1.03. The maximum atomic E-state index is 3.36. The van der Waals surface area contributed by atoms with E-state index in [1.165, 1.54) is 27.8 Å². The van der Waals surface area contributed by atoms with Crippen LogP contribution in [0.15, 0.2) is 91.1 Å². The van der Waals surface area contributed by atoms with Gasteiger partial charge in [0.2, 0.25) is 0 Å². The van der Waals surface area contributed by atoms with Gasteiger partial charge in [0.05, 0.1) is 0 Å². The molecule has 0 nitrogen and oxygen atoms in total. The van der Waals surface area contributed by atoms with Crippen molar-refractivity contribution in [1.29, 1.82) is 0 Å². The summed E-state index contributed by atoms with van der Waals surface area (Å²) in [6.45, 7) is 15.7. The first-order chi connectivity index (χ1) is 13.7. The maximum Gasteiger partial charge on any atom is -0.0109 e. The zero-order valence-electron chi connectivity index (χ0n) is 18.7. The Kier molecular flexibility index (Phi) is 15.0. The fourth-order valence-electron chi connectivity index (χ4n) is 2.51. The van der Waals surface area contributed by atoms with Crippen LogP contribution in [0.25, 0.3) is 11.6 Å². The van der Waals surface area contributed by atoms with Crippen LogP contribution in [0.2, 0.25) is 0 Å². The van der Waals surface area contributed by atoms with Crippen LogP contribution in [0.1, 0.15) is 64.2 Å². The van der Waals surface area contributed by atoms with Gasteiger partial charge >= 0.3 is 0 Å². The predicted octanol–water partition coefficient (Wildman–Crippen LogP) is 9.06. The van der Waals surface area contributed by atoms with Crippen LogP contribution in [-0.4, -0.2) is 0 Å². The second kappa shape index (κ2) is 16.6. The number of rotatable bonds is 6. The molecule has 0 aliphatic carbocycles. The molecule has 2 rings (SSSR count). The van der Waals surface area contributed by atoms with Crippen molar-refractivity contribution >= 4 is 11.6 Å². The number of aryl methyl sites for hydroxylation is 1. The summed E-state index contributed by atoms with van der Waals surface area (Å²) in [7, 11) is 0. The maximum absolute atomic E-state index is 3.36. The van der Waals surface area contributed by atoms with Gasteiger partial charge in [-0.25, -0.2) is 0 Å². The van der Waals surface area contributed by atoms with Crippen molar-refractivity contribution in [2.75, 3.05) is 0 Å². The first-order valence-electron chi connectivity index (χ1n) is 10.4. The zero-order chi connectivity index (χ0) is 21.2. The lowest BCUT2D eigenvalue weighted by Gasteiger charge is -2.11. The number of hydrogen-bond acceptors (Lipinski definition) is 0. The van der Waals surface area contributed by atoms with Crippen molar-refractivity contribution in [2.45, 2.75) is 54.4 Å². The average Bonchev–Trinajstić information content (AvgIpc) is 2.73. The van der Waals surface area contributed by atoms with Gasteiger partial charge in [0.25, 0.3) is 0 Å².